The molecule has 0 atom stereocenters. The number of hydrogen-bond donors (Lipinski definition) is 2. The van der Waals surface area contributed by atoms with Crippen LogP contribution < -0.4 is 5.32 Å². The maximum absolute atomic E-state index is 13.3. The number of nitrogens with zero attached hydrogens (tertiary/aromatic N) is 2. The molecule has 0 unspecified atom stereocenters. The van der Waals surface area contributed by atoms with E-state index in [0.29, 0.717) is 30.3 Å². The van der Waals surface area contributed by atoms with E-state index in [0.717, 1.165) is 11.0 Å². The molecule has 0 saturated carbocycles. The molecule has 29 heavy (non-hydrogen) atoms. The number of sulfonamides is 1. The molecule has 1 fully saturated rings. The summed E-state index contributed by atoms with van der Waals surface area (Å²) in [7, 11) is -3.77. The summed E-state index contributed by atoms with van der Waals surface area (Å²) < 4.78 is 33.2. The Labute approximate surface area is 167 Å². The zero-order valence-electron chi connectivity index (χ0n) is 15.4. The molecular formula is C20H18N4O4S. The third-order valence-electron chi connectivity index (χ3n) is 5.07. The molecule has 1 amide bonds. The summed E-state index contributed by atoms with van der Waals surface area (Å²) in [4.78, 5) is 20.4. The number of aromatic amines is 1. The second-order valence-electron chi connectivity index (χ2n) is 6.85. The number of hydrogen-bond acceptors (Lipinski definition) is 5. The van der Waals surface area contributed by atoms with Gasteiger partial charge in [0.1, 0.15) is 5.82 Å². The number of anilines is 1. The quantitative estimate of drug-likeness (QED) is 0.644. The van der Waals surface area contributed by atoms with Gasteiger partial charge in [0.05, 0.1) is 40.4 Å². The lowest BCUT2D eigenvalue weighted by molar-refractivity contribution is -0.110. The lowest BCUT2D eigenvalue weighted by Crippen LogP contribution is -2.40. The minimum absolute atomic E-state index is 0.109. The number of morpholine rings is 1. The van der Waals surface area contributed by atoms with E-state index in [9.17, 15) is 13.2 Å². The van der Waals surface area contributed by atoms with Gasteiger partial charge in [0.2, 0.25) is 10.0 Å². The van der Waals surface area contributed by atoms with Crippen molar-refractivity contribution in [2.24, 2.45) is 0 Å². The van der Waals surface area contributed by atoms with Crippen LogP contribution in [0.3, 0.4) is 0 Å². The first kappa shape index (κ1) is 18.0. The summed E-state index contributed by atoms with van der Waals surface area (Å²) in [6, 6.07) is 12.4. The Morgan fingerprint density at radius 2 is 1.86 bits per heavy atom. The average molecular weight is 410 g/mol. The predicted octanol–water partition coefficient (Wildman–Crippen LogP) is 2.08. The van der Waals surface area contributed by atoms with E-state index in [1.54, 1.807) is 18.2 Å². The second-order valence-corrected chi connectivity index (χ2v) is 8.75. The van der Waals surface area contributed by atoms with Crippen LogP contribution in [-0.2, 0) is 19.6 Å². The van der Waals surface area contributed by atoms with Gasteiger partial charge in [-0.05, 0) is 30.3 Å². The highest BCUT2D eigenvalue weighted by atomic mass is 32.2. The minimum Gasteiger partial charge on any atom is -0.379 e. The molecule has 2 aromatic carbocycles. The maximum atomic E-state index is 13.3. The Balaban J connectivity index is 1.64. The topological polar surface area (TPSA) is 104 Å². The second kappa shape index (κ2) is 6.80. The molecule has 3 aromatic rings. The molecule has 5 rings (SSSR count). The first-order valence-corrected chi connectivity index (χ1v) is 10.7. The van der Waals surface area contributed by atoms with Crippen LogP contribution in [0.15, 0.2) is 47.4 Å². The van der Waals surface area contributed by atoms with Crippen molar-refractivity contribution in [3.63, 3.8) is 0 Å². The smallest absolute Gasteiger partial charge is 0.256 e. The third kappa shape index (κ3) is 3.03. The van der Waals surface area contributed by atoms with E-state index in [4.69, 9.17) is 4.74 Å². The Morgan fingerprint density at radius 3 is 2.66 bits per heavy atom. The Bertz CT molecular complexity index is 1220. The summed E-state index contributed by atoms with van der Waals surface area (Å²) in [5.74, 6) is 0.132. The van der Waals surface area contributed by atoms with Crippen molar-refractivity contribution in [2.75, 3.05) is 31.6 Å². The van der Waals surface area contributed by atoms with E-state index < -0.39 is 10.0 Å². The molecule has 8 nitrogen and oxygen atoms in total. The number of para-hydroxylation sites is 2. The lowest BCUT2D eigenvalue weighted by Gasteiger charge is -2.26. The van der Waals surface area contributed by atoms with Crippen LogP contribution in [0.4, 0.5) is 5.69 Å². The van der Waals surface area contributed by atoms with E-state index >= 15 is 0 Å². The number of carbonyl (C=O) groups excluding carboxylic acids is 1. The van der Waals surface area contributed by atoms with Gasteiger partial charge in [-0.3, -0.25) is 4.79 Å². The molecule has 0 spiro atoms. The molecule has 1 saturated heterocycles. The van der Waals surface area contributed by atoms with Gasteiger partial charge in [0.15, 0.2) is 0 Å². The van der Waals surface area contributed by atoms with E-state index in [2.05, 4.69) is 15.3 Å². The van der Waals surface area contributed by atoms with Crippen LogP contribution in [0.1, 0.15) is 11.4 Å². The largest absolute Gasteiger partial charge is 0.379 e. The van der Waals surface area contributed by atoms with Gasteiger partial charge in [0, 0.05) is 18.7 Å². The zero-order chi connectivity index (χ0) is 20.0. The third-order valence-corrected chi connectivity index (χ3v) is 7.01. The van der Waals surface area contributed by atoms with Crippen molar-refractivity contribution in [3.8, 4) is 0 Å². The Hall–Kier alpha value is -3.01. The van der Waals surface area contributed by atoms with E-state index in [1.165, 1.54) is 10.4 Å². The van der Waals surface area contributed by atoms with Gasteiger partial charge in [-0.1, -0.05) is 18.2 Å². The monoisotopic (exact) mass is 410 g/mol. The number of nitrogens with one attached hydrogen (secondary N) is 2. The van der Waals surface area contributed by atoms with Crippen molar-refractivity contribution in [2.45, 2.75) is 4.90 Å². The summed E-state index contributed by atoms with van der Waals surface area (Å²) in [6.07, 6.45) is 1.60. The molecule has 3 heterocycles. The molecule has 148 valence electrons. The maximum Gasteiger partial charge on any atom is 0.256 e. The number of H-pyrrole nitrogens is 1. The van der Waals surface area contributed by atoms with Gasteiger partial charge in [-0.15, -0.1) is 0 Å². The normalized spacial score (nSPS) is 18.9. The molecule has 0 aliphatic carbocycles. The van der Waals surface area contributed by atoms with Gasteiger partial charge in [0.25, 0.3) is 5.91 Å². The Kier molecular flexibility index (Phi) is 4.23. The highest BCUT2D eigenvalue weighted by Crippen LogP contribution is 2.38. The molecule has 2 aliphatic rings. The number of aromatic nitrogens is 2. The lowest BCUT2D eigenvalue weighted by atomic mass is 10.1. The zero-order valence-corrected chi connectivity index (χ0v) is 16.2. The fourth-order valence-corrected chi connectivity index (χ4v) is 5.31. The molecule has 2 N–H and O–H groups in total. The molecule has 1 aromatic heterocycles. The van der Waals surface area contributed by atoms with Crippen molar-refractivity contribution in [3.05, 3.63) is 53.9 Å². The molecular weight excluding hydrogens is 392 g/mol. The van der Waals surface area contributed by atoms with E-state index in [1.807, 2.05) is 24.3 Å². The van der Waals surface area contributed by atoms with Crippen molar-refractivity contribution < 1.29 is 17.9 Å². The number of imidazole rings is 1. The van der Waals surface area contributed by atoms with Gasteiger partial charge < -0.3 is 15.0 Å². The predicted molar refractivity (Wildman–Crippen MR) is 109 cm³/mol. The first-order valence-electron chi connectivity index (χ1n) is 9.23. The fourth-order valence-electron chi connectivity index (χ4n) is 3.67. The number of benzene rings is 2. The van der Waals surface area contributed by atoms with Crippen LogP contribution in [0, 0.1) is 0 Å². The van der Waals surface area contributed by atoms with E-state index in [-0.39, 0.29) is 29.5 Å². The van der Waals surface area contributed by atoms with Gasteiger partial charge in [-0.2, -0.15) is 4.31 Å². The van der Waals surface area contributed by atoms with Gasteiger partial charge in [-0.25, -0.2) is 13.4 Å². The number of fused-ring (bicyclic) bond motifs is 2. The minimum atomic E-state index is -3.77. The van der Waals surface area contributed by atoms with Crippen LogP contribution in [0.5, 0.6) is 0 Å². The van der Waals surface area contributed by atoms with Gasteiger partial charge >= 0.3 is 0 Å². The number of rotatable bonds is 3. The molecule has 0 radical (unpaired) electrons. The highest BCUT2D eigenvalue weighted by Gasteiger charge is 2.35. The summed E-state index contributed by atoms with van der Waals surface area (Å²) in [5, 5.41) is 2.76. The highest BCUT2D eigenvalue weighted by molar-refractivity contribution is 7.89. The summed E-state index contributed by atoms with van der Waals surface area (Å²) in [6.45, 7) is 1.28. The summed E-state index contributed by atoms with van der Waals surface area (Å²) in [5.41, 5.74) is 2.74. The van der Waals surface area contributed by atoms with Crippen LogP contribution in [0.2, 0.25) is 0 Å². The van der Waals surface area contributed by atoms with Crippen LogP contribution >= 0.6 is 0 Å². The van der Waals surface area contributed by atoms with Crippen LogP contribution in [-0.4, -0.2) is 54.9 Å². The fraction of sp³-hybridized carbons (Fsp3) is 0.200. The van der Waals surface area contributed by atoms with Crippen molar-refractivity contribution >= 4 is 44.3 Å². The first-order chi connectivity index (χ1) is 14.0. The standard InChI is InChI=1S/C20H18N4O4S/c25-20-13(12-18-21-14-4-1-2-5-15(14)22-18)19-16(23-20)6-3-7-17(19)29(26,27)24-8-10-28-11-9-24/h1-7,12H,8-11H2,(H,21,22)(H,23,25)/b13-12-. The Morgan fingerprint density at radius 1 is 1.07 bits per heavy atom. The number of carbonyl (C=O) groups is 1. The molecule has 0 bridgehead atoms. The van der Waals surface area contributed by atoms with Crippen molar-refractivity contribution in [1.82, 2.24) is 14.3 Å². The number of amides is 1. The molecule has 9 heteroatoms. The average Bonchev–Trinajstić information content (AvgIpc) is 3.29. The van der Waals surface area contributed by atoms with Crippen molar-refractivity contribution in [1.29, 1.82) is 0 Å². The summed E-state index contributed by atoms with van der Waals surface area (Å²) >= 11 is 0. The molecule has 2 aliphatic heterocycles. The SMILES string of the molecule is O=C1Nc2cccc(S(=O)(=O)N3CCOCC3)c2/C1=C/c1nc2ccccc2[nH]1. The van der Waals surface area contributed by atoms with Crippen LogP contribution in [0.25, 0.3) is 22.7 Å². The number of ether oxygens (including phenoxy) is 1.